The van der Waals surface area contributed by atoms with Gasteiger partial charge in [-0.15, -0.1) is 0 Å². The van der Waals surface area contributed by atoms with Crippen molar-refractivity contribution in [3.63, 3.8) is 0 Å². The van der Waals surface area contributed by atoms with Crippen LogP contribution in [-0.4, -0.2) is 9.91 Å². The van der Waals surface area contributed by atoms with Gasteiger partial charge in [-0.3, -0.25) is 0 Å². The maximum atomic E-state index is 10.4. The van der Waals surface area contributed by atoms with Crippen LogP contribution in [0.3, 0.4) is 0 Å². The minimum absolute atomic E-state index is 0.222. The van der Waals surface area contributed by atoms with Gasteiger partial charge in [0.1, 0.15) is 4.47 Å². The molecule has 0 aliphatic heterocycles. The molecular weight excluding hydrogens is 247 g/mol. The fourth-order valence-electron chi connectivity index (χ4n) is 0.723. The van der Waals surface area contributed by atoms with Crippen LogP contribution in [0.1, 0.15) is 5.69 Å². The highest BCUT2D eigenvalue weighted by atomic mass is 79.9. The fraction of sp³-hybridized carbons (Fsp3) is 0.167. The van der Waals surface area contributed by atoms with Crippen molar-refractivity contribution >= 4 is 33.3 Å². The maximum absolute atomic E-state index is 10.4. The van der Waals surface area contributed by atoms with E-state index in [9.17, 15) is 10.1 Å². The number of pyridine rings is 1. The average Bonchev–Trinajstić information content (AvgIpc) is 1.96. The maximum Gasteiger partial charge on any atom is 0.379 e. The summed E-state index contributed by atoms with van der Waals surface area (Å²) in [6.07, 6.45) is 0. The zero-order chi connectivity index (χ0) is 9.30. The van der Waals surface area contributed by atoms with Crippen LogP contribution in [0.5, 0.6) is 0 Å². The summed E-state index contributed by atoms with van der Waals surface area (Å²) in [5.41, 5.74) is 0.523. The second kappa shape index (κ2) is 3.37. The molecule has 12 heavy (non-hydrogen) atoms. The first-order valence-electron chi connectivity index (χ1n) is 2.99. The van der Waals surface area contributed by atoms with Gasteiger partial charge in [-0.25, -0.2) is 0 Å². The number of hydrogen-bond acceptors (Lipinski definition) is 3. The molecular formula is C6H4BrClN2O2. The Morgan fingerprint density at radius 1 is 1.75 bits per heavy atom. The molecule has 0 N–H and O–H groups in total. The van der Waals surface area contributed by atoms with E-state index in [0.29, 0.717) is 10.7 Å². The van der Waals surface area contributed by atoms with E-state index in [1.165, 1.54) is 0 Å². The third-order valence-electron chi connectivity index (χ3n) is 1.20. The van der Waals surface area contributed by atoms with Crippen LogP contribution in [0.2, 0.25) is 5.02 Å². The SMILES string of the molecule is Cc1cc(Cl)c(Br)c([N+](=O)[O-])n1. The van der Waals surface area contributed by atoms with Crippen molar-refractivity contribution in [2.45, 2.75) is 6.92 Å². The summed E-state index contributed by atoms with van der Waals surface area (Å²) in [6.45, 7) is 1.64. The van der Waals surface area contributed by atoms with Gasteiger partial charge in [-0.05, 0) is 25.8 Å². The molecule has 4 nitrogen and oxygen atoms in total. The molecule has 0 unspecified atom stereocenters. The summed E-state index contributed by atoms with van der Waals surface area (Å²) in [7, 11) is 0. The highest BCUT2D eigenvalue weighted by molar-refractivity contribution is 9.10. The molecule has 0 spiro atoms. The van der Waals surface area contributed by atoms with E-state index < -0.39 is 4.92 Å². The van der Waals surface area contributed by atoms with Crippen LogP contribution >= 0.6 is 27.5 Å². The van der Waals surface area contributed by atoms with Gasteiger partial charge in [0, 0.05) is 13.0 Å². The van der Waals surface area contributed by atoms with E-state index in [1.807, 2.05) is 0 Å². The predicted molar refractivity (Wildman–Crippen MR) is 48.3 cm³/mol. The summed E-state index contributed by atoms with van der Waals surface area (Å²) < 4.78 is 0.222. The Hall–Kier alpha value is -0.680. The number of halogens is 2. The molecule has 6 heteroatoms. The van der Waals surface area contributed by atoms with Crippen molar-refractivity contribution in [1.82, 2.24) is 4.98 Å². The summed E-state index contributed by atoms with van der Waals surface area (Å²) in [5.74, 6) is -0.250. The first-order chi connectivity index (χ1) is 5.52. The number of rotatable bonds is 1. The number of nitro groups is 1. The van der Waals surface area contributed by atoms with E-state index in [-0.39, 0.29) is 10.3 Å². The Labute approximate surface area is 81.8 Å². The van der Waals surface area contributed by atoms with E-state index >= 15 is 0 Å². The lowest BCUT2D eigenvalue weighted by Gasteiger charge is -1.97. The molecule has 0 atom stereocenters. The Morgan fingerprint density at radius 3 is 2.83 bits per heavy atom. The second-order valence-corrected chi connectivity index (χ2v) is 3.34. The molecule has 1 aromatic heterocycles. The van der Waals surface area contributed by atoms with Gasteiger partial charge >= 0.3 is 5.82 Å². The number of aromatic nitrogens is 1. The van der Waals surface area contributed by atoms with Gasteiger partial charge in [-0.2, -0.15) is 0 Å². The number of nitrogens with zero attached hydrogens (tertiary/aromatic N) is 2. The molecule has 0 saturated carbocycles. The Balaban J connectivity index is 3.37. The fourth-order valence-corrected chi connectivity index (χ4v) is 1.31. The van der Waals surface area contributed by atoms with Crippen molar-refractivity contribution in [2.75, 3.05) is 0 Å². The number of hydrogen-bond donors (Lipinski definition) is 0. The lowest BCUT2D eigenvalue weighted by molar-refractivity contribution is -0.390. The third-order valence-corrected chi connectivity index (χ3v) is 2.50. The van der Waals surface area contributed by atoms with Crippen molar-refractivity contribution in [1.29, 1.82) is 0 Å². The zero-order valence-corrected chi connectivity index (χ0v) is 8.39. The molecule has 0 radical (unpaired) electrons. The van der Waals surface area contributed by atoms with Crippen molar-refractivity contribution < 1.29 is 4.92 Å². The van der Waals surface area contributed by atoms with E-state index in [2.05, 4.69) is 20.9 Å². The van der Waals surface area contributed by atoms with Gasteiger partial charge in [0.05, 0.1) is 5.02 Å². The molecule has 64 valence electrons. The normalized spacial score (nSPS) is 9.92. The monoisotopic (exact) mass is 250 g/mol. The molecule has 0 aliphatic carbocycles. The van der Waals surface area contributed by atoms with Gasteiger partial charge in [0.2, 0.25) is 0 Å². The van der Waals surface area contributed by atoms with Crippen LogP contribution in [0.4, 0.5) is 5.82 Å². The molecule has 0 aromatic carbocycles. The highest BCUT2D eigenvalue weighted by Gasteiger charge is 2.17. The molecule has 0 fully saturated rings. The van der Waals surface area contributed by atoms with Gasteiger partial charge in [-0.1, -0.05) is 11.6 Å². The van der Waals surface area contributed by atoms with Gasteiger partial charge < -0.3 is 10.1 Å². The summed E-state index contributed by atoms with van der Waals surface area (Å²) in [5, 5.41) is 10.7. The summed E-state index contributed by atoms with van der Waals surface area (Å²) in [4.78, 5) is 13.5. The van der Waals surface area contributed by atoms with Gasteiger partial charge in [0.15, 0.2) is 5.69 Å². The zero-order valence-electron chi connectivity index (χ0n) is 6.04. The average molecular weight is 251 g/mol. The van der Waals surface area contributed by atoms with Gasteiger partial charge in [0.25, 0.3) is 0 Å². The van der Waals surface area contributed by atoms with Crippen molar-refractivity contribution in [2.24, 2.45) is 0 Å². The molecule has 1 heterocycles. The van der Waals surface area contributed by atoms with Crippen molar-refractivity contribution in [3.8, 4) is 0 Å². The third kappa shape index (κ3) is 1.73. The molecule has 0 aliphatic rings. The first kappa shape index (κ1) is 9.41. The van der Waals surface area contributed by atoms with Crippen LogP contribution in [0, 0.1) is 17.0 Å². The number of aryl methyl sites for hydroxylation is 1. The van der Waals surface area contributed by atoms with Crippen LogP contribution < -0.4 is 0 Å². The Morgan fingerprint density at radius 2 is 2.33 bits per heavy atom. The summed E-state index contributed by atoms with van der Waals surface area (Å²) in [6, 6.07) is 1.55. The Bertz CT molecular complexity index is 343. The first-order valence-corrected chi connectivity index (χ1v) is 4.16. The lowest BCUT2D eigenvalue weighted by Crippen LogP contribution is -1.95. The minimum Gasteiger partial charge on any atom is -0.358 e. The quantitative estimate of drug-likeness (QED) is 0.569. The summed E-state index contributed by atoms with van der Waals surface area (Å²) >= 11 is 8.65. The van der Waals surface area contributed by atoms with Crippen LogP contribution in [-0.2, 0) is 0 Å². The predicted octanol–water partition coefficient (Wildman–Crippen LogP) is 2.71. The minimum atomic E-state index is -0.580. The smallest absolute Gasteiger partial charge is 0.358 e. The molecule has 0 amide bonds. The topological polar surface area (TPSA) is 56.0 Å². The second-order valence-electron chi connectivity index (χ2n) is 2.14. The van der Waals surface area contributed by atoms with E-state index in [4.69, 9.17) is 11.6 Å². The van der Waals surface area contributed by atoms with Crippen LogP contribution in [0.25, 0.3) is 0 Å². The van der Waals surface area contributed by atoms with Crippen molar-refractivity contribution in [3.05, 3.63) is 31.4 Å². The molecule has 1 aromatic rings. The van der Waals surface area contributed by atoms with E-state index in [1.54, 1.807) is 13.0 Å². The Kier molecular flexibility index (Phi) is 2.64. The molecule has 1 rings (SSSR count). The lowest BCUT2D eigenvalue weighted by atomic mass is 10.4. The standard InChI is InChI=1S/C6H4BrClN2O2/c1-3-2-4(8)5(7)6(9-3)10(11)12/h2H,1H3. The van der Waals surface area contributed by atoms with Crippen LogP contribution in [0.15, 0.2) is 10.5 Å². The molecule has 0 bridgehead atoms. The largest absolute Gasteiger partial charge is 0.379 e. The molecule has 0 saturated heterocycles. The van der Waals surface area contributed by atoms with E-state index in [0.717, 1.165) is 0 Å². The highest BCUT2D eigenvalue weighted by Crippen LogP contribution is 2.30.